The van der Waals surface area contributed by atoms with E-state index in [1.54, 1.807) is 6.20 Å². The fraction of sp³-hybridized carbons (Fsp3) is 0.455. The predicted molar refractivity (Wildman–Crippen MR) is 110 cm³/mol. The van der Waals surface area contributed by atoms with Crippen LogP contribution in [-0.2, 0) is 6.42 Å². The van der Waals surface area contributed by atoms with Gasteiger partial charge in [0.25, 0.3) is 11.5 Å². The first-order valence-corrected chi connectivity index (χ1v) is 10.5. The molecule has 0 radical (unpaired) electrons. The molecule has 1 saturated carbocycles. The average Bonchev–Trinajstić information content (AvgIpc) is 3.15. The predicted octanol–water partition coefficient (Wildman–Crippen LogP) is 2.94. The third-order valence-electron chi connectivity index (χ3n) is 6.27. The first-order chi connectivity index (χ1) is 14.2. The second-order valence-electron chi connectivity index (χ2n) is 8.25. The number of fused-ring (bicyclic) bond motifs is 1. The summed E-state index contributed by atoms with van der Waals surface area (Å²) in [7, 11) is 0. The van der Waals surface area contributed by atoms with Gasteiger partial charge in [0.05, 0.1) is 12.2 Å². The van der Waals surface area contributed by atoms with Gasteiger partial charge in [-0.1, -0.05) is 37.5 Å². The number of carbonyl (C=O) groups excluding carboxylic acids is 1. The number of hydrogen-bond acceptors (Lipinski definition) is 4. The SMILES string of the molecule is O=C(c1ccccc1)N1CCCC(n2ncc3c(=O)[nH]c(CC4CCC4)nc32)C1. The molecule has 2 fully saturated rings. The standard InChI is InChI=1S/C22H25N5O2/c28-21-18-13-23-27(20(18)24-19(25-21)12-15-6-4-7-15)17-10-5-11-26(14-17)22(29)16-8-2-1-3-9-16/h1-3,8-9,13,15,17H,4-7,10-12,14H2,(H,24,25,28). The van der Waals surface area contributed by atoms with Crippen molar-refractivity contribution in [3.8, 4) is 0 Å². The third-order valence-corrected chi connectivity index (χ3v) is 6.27. The second kappa shape index (κ2) is 7.46. The number of aromatic amines is 1. The lowest BCUT2D eigenvalue weighted by molar-refractivity contribution is 0.0675. The van der Waals surface area contributed by atoms with E-state index in [0.29, 0.717) is 29.1 Å². The zero-order valence-corrected chi connectivity index (χ0v) is 16.4. The van der Waals surface area contributed by atoms with Crippen LogP contribution >= 0.6 is 0 Å². The van der Waals surface area contributed by atoms with Crippen LogP contribution in [0, 0.1) is 5.92 Å². The number of nitrogens with one attached hydrogen (secondary N) is 1. The number of H-pyrrole nitrogens is 1. The lowest BCUT2D eigenvalue weighted by Crippen LogP contribution is -2.41. The molecule has 29 heavy (non-hydrogen) atoms. The van der Waals surface area contributed by atoms with Crippen molar-refractivity contribution in [3.05, 3.63) is 58.3 Å². The number of rotatable bonds is 4. The Morgan fingerprint density at radius 2 is 1.97 bits per heavy atom. The summed E-state index contributed by atoms with van der Waals surface area (Å²) in [4.78, 5) is 35.0. The summed E-state index contributed by atoms with van der Waals surface area (Å²) >= 11 is 0. The fourth-order valence-electron chi connectivity index (χ4n) is 4.42. The second-order valence-corrected chi connectivity index (χ2v) is 8.25. The van der Waals surface area contributed by atoms with Gasteiger partial charge in [-0.25, -0.2) is 9.67 Å². The van der Waals surface area contributed by atoms with Crippen LogP contribution in [0.5, 0.6) is 0 Å². The number of piperidine rings is 1. The molecule has 1 N–H and O–H groups in total. The van der Waals surface area contributed by atoms with Crippen molar-refractivity contribution >= 4 is 16.9 Å². The summed E-state index contributed by atoms with van der Waals surface area (Å²) in [6.07, 6.45) is 7.93. The van der Waals surface area contributed by atoms with Gasteiger partial charge in [0.15, 0.2) is 5.65 Å². The van der Waals surface area contributed by atoms with Crippen LogP contribution < -0.4 is 5.56 Å². The lowest BCUT2D eigenvalue weighted by Gasteiger charge is -2.33. The van der Waals surface area contributed by atoms with E-state index in [0.717, 1.165) is 31.6 Å². The van der Waals surface area contributed by atoms with Gasteiger partial charge in [-0.05, 0) is 30.9 Å². The largest absolute Gasteiger partial charge is 0.337 e. The molecule has 0 spiro atoms. The van der Waals surface area contributed by atoms with Crippen LogP contribution in [0.15, 0.2) is 41.3 Å². The quantitative estimate of drug-likeness (QED) is 0.741. The minimum Gasteiger partial charge on any atom is -0.337 e. The zero-order valence-electron chi connectivity index (χ0n) is 16.4. The van der Waals surface area contributed by atoms with Gasteiger partial charge in [-0.2, -0.15) is 5.10 Å². The number of likely N-dealkylation sites (tertiary alicyclic amines) is 1. The number of nitrogens with zero attached hydrogens (tertiary/aromatic N) is 4. The highest BCUT2D eigenvalue weighted by Crippen LogP contribution is 2.29. The summed E-state index contributed by atoms with van der Waals surface area (Å²) in [5.41, 5.74) is 1.22. The Morgan fingerprint density at radius 3 is 2.72 bits per heavy atom. The molecular weight excluding hydrogens is 366 g/mol. The third kappa shape index (κ3) is 3.45. The summed E-state index contributed by atoms with van der Waals surface area (Å²) < 4.78 is 1.86. The molecule has 7 nitrogen and oxygen atoms in total. The Kier molecular flexibility index (Phi) is 4.66. The molecule has 3 aromatic rings. The first kappa shape index (κ1) is 18.1. The molecule has 1 atom stereocenters. The molecule has 2 aliphatic rings. The molecule has 1 aliphatic carbocycles. The molecular formula is C22H25N5O2. The number of hydrogen-bond donors (Lipinski definition) is 1. The van der Waals surface area contributed by atoms with Gasteiger partial charge in [-0.3, -0.25) is 9.59 Å². The molecule has 1 aromatic carbocycles. The number of carbonyl (C=O) groups is 1. The Labute approximate surface area is 168 Å². The maximum atomic E-state index is 12.9. The molecule has 3 heterocycles. The Bertz CT molecular complexity index is 1080. The van der Waals surface area contributed by atoms with Crippen LogP contribution in [-0.4, -0.2) is 43.6 Å². The van der Waals surface area contributed by atoms with Crippen LogP contribution in [0.2, 0.25) is 0 Å². The monoisotopic (exact) mass is 391 g/mol. The van der Waals surface area contributed by atoms with E-state index in [2.05, 4.69) is 10.1 Å². The number of benzene rings is 1. The van der Waals surface area contributed by atoms with E-state index in [-0.39, 0.29) is 17.5 Å². The van der Waals surface area contributed by atoms with Gasteiger partial charge in [0.1, 0.15) is 11.2 Å². The molecule has 5 rings (SSSR count). The summed E-state index contributed by atoms with van der Waals surface area (Å²) in [5.74, 6) is 1.42. The maximum absolute atomic E-state index is 12.9. The molecule has 0 bridgehead atoms. The van der Waals surface area contributed by atoms with Gasteiger partial charge >= 0.3 is 0 Å². The smallest absolute Gasteiger partial charge is 0.262 e. The molecule has 150 valence electrons. The fourth-order valence-corrected chi connectivity index (χ4v) is 4.42. The number of aromatic nitrogens is 4. The molecule has 1 unspecified atom stereocenters. The van der Waals surface area contributed by atoms with Crippen LogP contribution in [0.3, 0.4) is 0 Å². The van der Waals surface area contributed by atoms with Crippen molar-refractivity contribution in [2.24, 2.45) is 5.92 Å². The lowest BCUT2D eigenvalue weighted by atomic mass is 9.83. The minimum atomic E-state index is -0.122. The topological polar surface area (TPSA) is 83.9 Å². The highest BCUT2D eigenvalue weighted by atomic mass is 16.2. The Hall–Kier alpha value is -2.96. The zero-order chi connectivity index (χ0) is 19.8. The highest BCUT2D eigenvalue weighted by Gasteiger charge is 2.28. The van der Waals surface area contributed by atoms with Crippen molar-refractivity contribution < 1.29 is 4.79 Å². The number of amides is 1. The molecule has 7 heteroatoms. The van der Waals surface area contributed by atoms with Gasteiger partial charge in [-0.15, -0.1) is 0 Å². The van der Waals surface area contributed by atoms with Crippen molar-refractivity contribution in [1.82, 2.24) is 24.6 Å². The first-order valence-electron chi connectivity index (χ1n) is 10.5. The van der Waals surface area contributed by atoms with E-state index < -0.39 is 0 Å². The normalized spacial score (nSPS) is 20.0. The van der Waals surface area contributed by atoms with E-state index in [1.807, 2.05) is 39.9 Å². The Morgan fingerprint density at radius 1 is 1.14 bits per heavy atom. The molecule has 2 aromatic heterocycles. The minimum absolute atomic E-state index is 0.0276. The van der Waals surface area contributed by atoms with E-state index in [1.165, 1.54) is 19.3 Å². The van der Waals surface area contributed by atoms with Crippen LogP contribution in [0.4, 0.5) is 0 Å². The molecule has 1 saturated heterocycles. The molecule has 1 aliphatic heterocycles. The van der Waals surface area contributed by atoms with E-state index in [4.69, 9.17) is 4.98 Å². The van der Waals surface area contributed by atoms with Crippen molar-refractivity contribution in [2.45, 2.75) is 44.6 Å². The highest BCUT2D eigenvalue weighted by molar-refractivity contribution is 5.94. The van der Waals surface area contributed by atoms with Crippen molar-refractivity contribution in [2.75, 3.05) is 13.1 Å². The van der Waals surface area contributed by atoms with Crippen molar-refractivity contribution in [1.29, 1.82) is 0 Å². The Balaban J connectivity index is 1.42. The van der Waals surface area contributed by atoms with Crippen LogP contribution in [0.1, 0.15) is 54.3 Å². The van der Waals surface area contributed by atoms with Gasteiger partial charge in [0, 0.05) is 25.1 Å². The van der Waals surface area contributed by atoms with Crippen LogP contribution in [0.25, 0.3) is 11.0 Å². The summed E-state index contributed by atoms with van der Waals surface area (Å²) in [6, 6.07) is 9.41. The average molecular weight is 391 g/mol. The van der Waals surface area contributed by atoms with Gasteiger partial charge in [0.2, 0.25) is 0 Å². The van der Waals surface area contributed by atoms with E-state index >= 15 is 0 Å². The summed E-state index contributed by atoms with van der Waals surface area (Å²) in [5, 5.41) is 5.02. The van der Waals surface area contributed by atoms with Gasteiger partial charge < -0.3 is 9.88 Å². The van der Waals surface area contributed by atoms with E-state index in [9.17, 15) is 9.59 Å². The van der Waals surface area contributed by atoms with Crippen molar-refractivity contribution in [3.63, 3.8) is 0 Å². The summed E-state index contributed by atoms with van der Waals surface area (Å²) in [6.45, 7) is 1.32. The maximum Gasteiger partial charge on any atom is 0.262 e. The molecule has 1 amide bonds.